The van der Waals surface area contributed by atoms with Gasteiger partial charge in [-0.05, 0) is 42.5 Å². The second-order valence-electron chi connectivity index (χ2n) is 9.17. The van der Waals surface area contributed by atoms with Crippen molar-refractivity contribution in [3.8, 4) is 0 Å². The van der Waals surface area contributed by atoms with Gasteiger partial charge in [0.05, 0.1) is 35.1 Å². The third kappa shape index (κ3) is 5.96. The Labute approximate surface area is 206 Å². The van der Waals surface area contributed by atoms with Gasteiger partial charge in [-0.1, -0.05) is 61.8 Å². The summed E-state index contributed by atoms with van der Waals surface area (Å²) in [5.74, 6) is -0.0140. The van der Waals surface area contributed by atoms with Crippen LogP contribution < -0.4 is 11.1 Å². The van der Waals surface area contributed by atoms with E-state index < -0.39 is 5.54 Å². The quantitative estimate of drug-likeness (QED) is 0.554. The van der Waals surface area contributed by atoms with E-state index in [0.29, 0.717) is 23.6 Å². The molecule has 182 valence electrons. The monoisotopic (exact) mass is 484 g/mol. The van der Waals surface area contributed by atoms with Crippen LogP contribution in [0.5, 0.6) is 0 Å². The highest BCUT2D eigenvalue weighted by Crippen LogP contribution is 2.30. The number of nitrogens with two attached hydrogens (primary N) is 1. The van der Waals surface area contributed by atoms with E-state index in [-0.39, 0.29) is 42.7 Å². The molecule has 2 aromatic carbocycles. The molecule has 2 atom stereocenters. The first kappa shape index (κ1) is 25.7. The number of rotatable bonds is 9. The smallest absolute Gasteiger partial charge is 0.253 e. The fourth-order valence-electron chi connectivity index (χ4n) is 3.90. The van der Waals surface area contributed by atoms with Gasteiger partial charge in [0.15, 0.2) is 5.96 Å². The average Bonchev–Trinajstić information content (AvgIpc) is 2.80. The summed E-state index contributed by atoms with van der Waals surface area (Å²) in [5.41, 5.74) is 7.72. The summed E-state index contributed by atoms with van der Waals surface area (Å²) in [5, 5.41) is 3.40. The van der Waals surface area contributed by atoms with Crippen molar-refractivity contribution in [3.05, 3.63) is 70.2 Å². The first-order valence-corrected chi connectivity index (χ1v) is 11.8. The van der Waals surface area contributed by atoms with Crippen LogP contribution in [0, 0.1) is 5.92 Å². The molecule has 1 aliphatic rings. The van der Waals surface area contributed by atoms with Gasteiger partial charge in [0.2, 0.25) is 5.91 Å². The molecule has 0 unspecified atom stereocenters. The minimum atomic E-state index is -0.517. The summed E-state index contributed by atoms with van der Waals surface area (Å²) in [7, 11) is 1.63. The molecule has 3 N–H and O–H groups in total. The molecule has 0 saturated carbocycles. The predicted octanol–water partition coefficient (Wildman–Crippen LogP) is 4.31. The lowest BCUT2D eigenvalue weighted by molar-refractivity contribution is -0.130. The SMILES string of the molecule is COCC[C@H](NC(=O)c1cc(CN2C(=O)C[C@@](C)(C(C)C)N=C2N)ccc1Cl)c1ccccc1. The van der Waals surface area contributed by atoms with Crippen LogP contribution in [0.2, 0.25) is 5.02 Å². The van der Waals surface area contributed by atoms with Gasteiger partial charge in [0.1, 0.15) is 0 Å². The summed E-state index contributed by atoms with van der Waals surface area (Å²) < 4.78 is 5.22. The molecule has 34 heavy (non-hydrogen) atoms. The van der Waals surface area contributed by atoms with E-state index in [1.54, 1.807) is 25.3 Å². The number of halogens is 1. The van der Waals surface area contributed by atoms with E-state index in [0.717, 1.165) is 11.1 Å². The fourth-order valence-corrected chi connectivity index (χ4v) is 4.10. The molecule has 0 saturated heterocycles. The Bertz CT molecular complexity index is 1060. The minimum Gasteiger partial charge on any atom is -0.385 e. The predicted molar refractivity (Wildman–Crippen MR) is 135 cm³/mol. The van der Waals surface area contributed by atoms with E-state index in [2.05, 4.69) is 10.3 Å². The summed E-state index contributed by atoms with van der Waals surface area (Å²) >= 11 is 6.38. The van der Waals surface area contributed by atoms with Crippen molar-refractivity contribution in [1.82, 2.24) is 10.2 Å². The standard InChI is InChI=1S/C26H33ClN4O3/c1-17(2)26(3)15-23(32)31(25(28)30-26)16-18-10-11-21(27)20(14-18)24(33)29-22(12-13-34-4)19-8-6-5-7-9-19/h5-11,14,17,22H,12-13,15-16H2,1-4H3,(H2,28,30)(H,29,33)/t22-,26-/m0/s1. The van der Waals surface area contributed by atoms with E-state index >= 15 is 0 Å². The molecule has 1 heterocycles. The number of methoxy groups -OCH3 is 1. The highest BCUT2D eigenvalue weighted by Gasteiger charge is 2.38. The number of benzene rings is 2. The Morgan fingerprint density at radius 3 is 2.59 bits per heavy atom. The second-order valence-corrected chi connectivity index (χ2v) is 9.58. The molecular weight excluding hydrogens is 452 g/mol. The number of guanidine groups is 1. The Balaban J connectivity index is 1.80. The summed E-state index contributed by atoms with van der Waals surface area (Å²) in [4.78, 5) is 32.1. The highest BCUT2D eigenvalue weighted by molar-refractivity contribution is 6.33. The molecule has 2 aromatic rings. The molecule has 0 fully saturated rings. The van der Waals surface area contributed by atoms with Crippen molar-refractivity contribution in [2.24, 2.45) is 16.6 Å². The fraction of sp³-hybridized carbons (Fsp3) is 0.423. The Kier molecular flexibility index (Phi) is 8.33. The molecule has 2 amide bonds. The molecule has 7 nitrogen and oxygen atoms in total. The van der Waals surface area contributed by atoms with Crippen LogP contribution in [-0.4, -0.2) is 41.9 Å². The average molecular weight is 485 g/mol. The lowest BCUT2D eigenvalue weighted by atomic mass is 9.84. The maximum Gasteiger partial charge on any atom is 0.253 e. The first-order chi connectivity index (χ1) is 16.1. The van der Waals surface area contributed by atoms with Gasteiger partial charge in [-0.3, -0.25) is 14.5 Å². The number of aliphatic imine (C=N–C) groups is 1. The van der Waals surface area contributed by atoms with Gasteiger partial charge in [0, 0.05) is 13.7 Å². The third-order valence-electron chi connectivity index (χ3n) is 6.43. The normalized spacial score (nSPS) is 19.2. The van der Waals surface area contributed by atoms with Gasteiger partial charge in [-0.25, -0.2) is 4.99 Å². The Morgan fingerprint density at radius 1 is 1.26 bits per heavy atom. The van der Waals surface area contributed by atoms with Crippen LogP contribution in [0.1, 0.15) is 61.1 Å². The molecule has 0 spiro atoms. The lowest BCUT2D eigenvalue weighted by Crippen LogP contribution is -2.51. The summed E-state index contributed by atoms with van der Waals surface area (Å²) in [6, 6.07) is 14.7. The van der Waals surface area contributed by atoms with Crippen LogP contribution in [0.15, 0.2) is 53.5 Å². The zero-order chi connectivity index (χ0) is 24.9. The largest absolute Gasteiger partial charge is 0.385 e. The van der Waals surface area contributed by atoms with Crippen LogP contribution in [0.4, 0.5) is 0 Å². The van der Waals surface area contributed by atoms with Crippen molar-refractivity contribution in [2.75, 3.05) is 13.7 Å². The van der Waals surface area contributed by atoms with Crippen LogP contribution in [-0.2, 0) is 16.1 Å². The number of nitrogens with one attached hydrogen (secondary N) is 1. The molecule has 3 rings (SSSR count). The molecule has 0 aliphatic carbocycles. The number of hydrogen-bond donors (Lipinski definition) is 2. The number of ether oxygens (including phenoxy) is 1. The van der Waals surface area contributed by atoms with Crippen molar-refractivity contribution < 1.29 is 14.3 Å². The number of carbonyl (C=O) groups is 2. The van der Waals surface area contributed by atoms with Gasteiger partial charge in [-0.2, -0.15) is 0 Å². The van der Waals surface area contributed by atoms with Crippen molar-refractivity contribution in [2.45, 2.75) is 51.7 Å². The first-order valence-electron chi connectivity index (χ1n) is 11.4. The summed E-state index contributed by atoms with van der Waals surface area (Å²) in [6.45, 7) is 6.71. The number of carbonyl (C=O) groups excluding carboxylic acids is 2. The number of hydrogen-bond acceptors (Lipinski definition) is 5. The van der Waals surface area contributed by atoms with Crippen molar-refractivity contribution in [1.29, 1.82) is 0 Å². The molecule has 0 radical (unpaired) electrons. The van der Waals surface area contributed by atoms with Crippen molar-refractivity contribution >= 4 is 29.4 Å². The topological polar surface area (TPSA) is 97.0 Å². The Hall–Kier alpha value is -2.90. The zero-order valence-corrected chi connectivity index (χ0v) is 20.9. The molecule has 0 bridgehead atoms. The van der Waals surface area contributed by atoms with Gasteiger partial charge >= 0.3 is 0 Å². The molecule has 1 aliphatic heterocycles. The maximum atomic E-state index is 13.2. The molecule has 0 aromatic heterocycles. The number of nitrogens with zero attached hydrogens (tertiary/aromatic N) is 2. The second kappa shape index (κ2) is 11.0. The van der Waals surface area contributed by atoms with Gasteiger partial charge in [-0.15, -0.1) is 0 Å². The van der Waals surface area contributed by atoms with Crippen LogP contribution >= 0.6 is 11.6 Å². The van der Waals surface area contributed by atoms with Crippen LogP contribution in [0.25, 0.3) is 0 Å². The van der Waals surface area contributed by atoms with E-state index in [4.69, 9.17) is 22.1 Å². The minimum absolute atomic E-state index is 0.0895. The van der Waals surface area contributed by atoms with Crippen LogP contribution in [0.3, 0.4) is 0 Å². The van der Waals surface area contributed by atoms with E-state index in [1.165, 1.54) is 4.90 Å². The maximum absolute atomic E-state index is 13.2. The van der Waals surface area contributed by atoms with Crippen molar-refractivity contribution in [3.63, 3.8) is 0 Å². The third-order valence-corrected chi connectivity index (χ3v) is 6.76. The highest BCUT2D eigenvalue weighted by atomic mass is 35.5. The molecule has 8 heteroatoms. The summed E-state index contributed by atoms with van der Waals surface area (Å²) in [6.07, 6.45) is 0.901. The van der Waals surface area contributed by atoms with Gasteiger partial charge < -0.3 is 15.8 Å². The lowest BCUT2D eigenvalue weighted by Gasteiger charge is -2.37. The van der Waals surface area contributed by atoms with Gasteiger partial charge in [0.25, 0.3) is 5.91 Å². The Morgan fingerprint density at radius 2 is 1.97 bits per heavy atom. The zero-order valence-electron chi connectivity index (χ0n) is 20.2. The molecular formula is C26H33ClN4O3. The number of amides is 2. The van der Waals surface area contributed by atoms with E-state index in [9.17, 15) is 9.59 Å². The van der Waals surface area contributed by atoms with E-state index in [1.807, 2.05) is 51.1 Å².